The predicted octanol–water partition coefficient (Wildman–Crippen LogP) is 2.18. The summed E-state index contributed by atoms with van der Waals surface area (Å²) in [4.78, 5) is 5.34. The molecular formula is C16H33N3. The zero-order valence-electron chi connectivity index (χ0n) is 13.1. The molecule has 2 aliphatic heterocycles. The molecule has 0 aromatic heterocycles. The fraction of sp³-hybridized carbons (Fsp3) is 1.00. The Morgan fingerprint density at radius 1 is 0.842 bits per heavy atom. The van der Waals surface area contributed by atoms with Gasteiger partial charge < -0.3 is 15.1 Å². The second-order valence-corrected chi connectivity index (χ2v) is 6.49. The van der Waals surface area contributed by atoms with E-state index < -0.39 is 0 Å². The zero-order valence-corrected chi connectivity index (χ0v) is 13.1. The number of rotatable bonds is 5. The van der Waals surface area contributed by atoms with Crippen LogP contribution in [0.25, 0.3) is 0 Å². The van der Waals surface area contributed by atoms with Gasteiger partial charge in [-0.3, -0.25) is 0 Å². The number of likely N-dealkylation sites (tertiary alicyclic amines) is 1. The molecule has 2 fully saturated rings. The Labute approximate surface area is 119 Å². The van der Waals surface area contributed by atoms with Crippen LogP contribution in [-0.2, 0) is 0 Å². The number of hydrogen-bond donors (Lipinski definition) is 1. The molecule has 0 spiro atoms. The maximum Gasteiger partial charge on any atom is 0.0110 e. The van der Waals surface area contributed by atoms with Crippen LogP contribution in [0.5, 0.6) is 0 Å². The minimum Gasteiger partial charge on any atom is -0.315 e. The summed E-state index contributed by atoms with van der Waals surface area (Å²) < 4.78 is 0. The van der Waals surface area contributed by atoms with Crippen molar-refractivity contribution < 1.29 is 0 Å². The smallest absolute Gasteiger partial charge is 0.0110 e. The molecule has 112 valence electrons. The van der Waals surface area contributed by atoms with E-state index in [1.807, 2.05) is 0 Å². The van der Waals surface area contributed by atoms with Crippen molar-refractivity contribution in [1.82, 2.24) is 15.1 Å². The average Bonchev–Trinajstić information content (AvgIpc) is 2.74. The molecule has 0 aromatic carbocycles. The molecule has 19 heavy (non-hydrogen) atoms. The standard InChI is InChI=1S/C16H33N3/c1-3-16(4-2)6-11-19(12-7-16)15-14-18-10-5-8-17-9-13-18/h17H,3-15H2,1-2H3. The van der Waals surface area contributed by atoms with Crippen LogP contribution in [-0.4, -0.2) is 62.2 Å². The zero-order chi connectivity index (χ0) is 13.6. The monoisotopic (exact) mass is 267 g/mol. The summed E-state index contributed by atoms with van der Waals surface area (Å²) in [5.41, 5.74) is 0.670. The lowest BCUT2D eigenvalue weighted by atomic mass is 9.74. The minimum absolute atomic E-state index is 0.670. The van der Waals surface area contributed by atoms with Crippen molar-refractivity contribution >= 4 is 0 Å². The van der Waals surface area contributed by atoms with Gasteiger partial charge in [0.05, 0.1) is 0 Å². The fourth-order valence-corrected chi connectivity index (χ4v) is 3.62. The van der Waals surface area contributed by atoms with Gasteiger partial charge in [0.1, 0.15) is 0 Å². The Morgan fingerprint density at radius 3 is 2.11 bits per heavy atom. The molecule has 0 aromatic rings. The maximum absolute atomic E-state index is 3.49. The van der Waals surface area contributed by atoms with E-state index in [0.29, 0.717) is 5.41 Å². The Balaban J connectivity index is 1.67. The summed E-state index contributed by atoms with van der Waals surface area (Å²) in [6.07, 6.45) is 6.89. The second-order valence-electron chi connectivity index (χ2n) is 6.49. The van der Waals surface area contributed by atoms with Gasteiger partial charge in [-0.25, -0.2) is 0 Å². The van der Waals surface area contributed by atoms with E-state index in [1.54, 1.807) is 0 Å². The number of piperidine rings is 1. The van der Waals surface area contributed by atoms with E-state index in [-0.39, 0.29) is 0 Å². The molecule has 3 nitrogen and oxygen atoms in total. The van der Waals surface area contributed by atoms with Gasteiger partial charge in [-0.05, 0) is 50.9 Å². The van der Waals surface area contributed by atoms with Crippen molar-refractivity contribution in [3.05, 3.63) is 0 Å². The second kappa shape index (κ2) is 7.61. The van der Waals surface area contributed by atoms with Crippen molar-refractivity contribution in [2.45, 2.75) is 46.0 Å². The Kier molecular flexibility index (Phi) is 6.11. The van der Waals surface area contributed by atoms with Crippen LogP contribution in [0.3, 0.4) is 0 Å². The molecule has 0 saturated carbocycles. The Morgan fingerprint density at radius 2 is 1.47 bits per heavy atom. The van der Waals surface area contributed by atoms with Crippen LogP contribution >= 0.6 is 0 Å². The highest BCUT2D eigenvalue weighted by Gasteiger charge is 2.30. The van der Waals surface area contributed by atoms with E-state index in [9.17, 15) is 0 Å². The average molecular weight is 267 g/mol. The fourth-order valence-electron chi connectivity index (χ4n) is 3.62. The van der Waals surface area contributed by atoms with Gasteiger partial charge in [-0.1, -0.05) is 26.7 Å². The van der Waals surface area contributed by atoms with Crippen LogP contribution in [0.1, 0.15) is 46.0 Å². The van der Waals surface area contributed by atoms with E-state index in [0.717, 1.165) is 0 Å². The molecule has 2 heterocycles. The maximum atomic E-state index is 3.49. The molecule has 0 atom stereocenters. The Hall–Kier alpha value is -0.120. The van der Waals surface area contributed by atoms with Crippen LogP contribution in [0, 0.1) is 5.41 Å². The van der Waals surface area contributed by atoms with E-state index in [2.05, 4.69) is 29.0 Å². The lowest BCUT2D eigenvalue weighted by molar-refractivity contribution is 0.0872. The van der Waals surface area contributed by atoms with Crippen molar-refractivity contribution in [3.8, 4) is 0 Å². The topological polar surface area (TPSA) is 18.5 Å². The third-order valence-electron chi connectivity index (χ3n) is 5.58. The molecule has 0 bridgehead atoms. The van der Waals surface area contributed by atoms with Crippen LogP contribution < -0.4 is 5.32 Å². The van der Waals surface area contributed by atoms with E-state index in [1.165, 1.54) is 84.5 Å². The predicted molar refractivity (Wildman–Crippen MR) is 82.6 cm³/mol. The van der Waals surface area contributed by atoms with Gasteiger partial charge in [0.25, 0.3) is 0 Å². The van der Waals surface area contributed by atoms with Crippen molar-refractivity contribution in [3.63, 3.8) is 0 Å². The van der Waals surface area contributed by atoms with Gasteiger partial charge in [0, 0.05) is 26.2 Å². The summed E-state index contributed by atoms with van der Waals surface area (Å²) in [5.74, 6) is 0. The summed E-state index contributed by atoms with van der Waals surface area (Å²) in [6.45, 7) is 14.9. The first-order valence-electron chi connectivity index (χ1n) is 8.43. The highest BCUT2D eigenvalue weighted by molar-refractivity contribution is 4.84. The van der Waals surface area contributed by atoms with Crippen molar-refractivity contribution in [2.75, 3.05) is 52.4 Å². The number of nitrogens with zero attached hydrogens (tertiary/aromatic N) is 2. The van der Waals surface area contributed by atoms with Gasteiger partial charge >= 0.3 is 0 Å². The first kappa shape index (κ1) is 15.3. The normalized spacial score (nSPS) is 26.2. The molecular weight excluding hydrogens is 234 g/mol. The molecule has 0 amide bonds. The molecule has 0 unspecified atom stereocenters. The van der Waals surface area contributed by atoms with E-state index in [4.69, 9.17) is 0 Å². The molecule has 2 aliphatic rings. The third kappa shape index (κ3) is 4.44. The summed E-state index contributed by atoms with van der Waals surface area (Å²) in [7, 11) is 0. The molecule has 2 rings (SSSR count). The quantitative estimate of drug-likeness (QED) is 0.824. The van der Waals surface area contributed by atoms with Crippen LogP contribution in [0.15, 0.2) is 0 Å². The molecule has 1 N–H and O–H groups in total. The van der Waals surface area contributed by atoms with Crippen LogP contribution in [0.4, 0.5) is 0 Å². The number of nitrogens with one attached hydrogen (secondary N) is 1. The van der Waals surface area contributed by atoms with Gasteiger partial charge in [-0.2, -0.15) is 0 Å². The lowest BCUT2D eigenvalue weighted by Gasteiger charge is -2.41. The van der Waals surface area contributed by atoms with Gasteiger partial charge in [0.15, 0.2) is 0 Å². The Bertz CT molecular complexity index is 232. The van der Waals surface area contributed by atoms with Gasteiger partial charge in [0.2, 0.25) is 0 Å². The lowest BCUT2D eigenvalue weighted by Crippen LogP contribution is -2.43. The summed E-state index contributed by atoms with van der Waals surface area (Å²) in [6, 6.07) is 0. The van der Waals surface area contributed by atoms with Crippen molar-refractivity contribution in [1.29, 1.82) is 0 Å². The highest BCUT2D eigenvalue weighted by atomic mass is 15.2. The molecule has 0 aliphatic carbocycles. The van der Waals surface area contributed by atoms with Crippen LogP contribution in [0.2, 0.25) is 0 Å². The van der Waals surface area contributed by atoms with Crippen molar-refractivity contribution in [2.24, 2.45) is 5.41 Å². The van der Waals surface area contributed by atoms with E-state index >= 15 is 0 Å². The van der Waals surface area contributed by atoms with Gasteiger partial charge in [-0.15, -0.1) is 0 Å². The molecule has 3 heteroatoms. The first-order valence-corrected chi connectivity index (χ1v) is 8.43. The summed E-state index contributed by atoms with van der Waals surface area (Å²) in [5, 5.41) is 3.49. The molecule has 0 radical (unpaired) electrons. The number of hydrogen-bond acceptors (Lipinski definition) is 3. The summed E-state index contributed by atoms with van der Waals surface area (Å²) >= 11 is 0. The minimum atomic E-state index is 0.670. The first-order chi connectivity index (χ1) is 9.28. The SMILES string of the molecule is CCC1(CC)CCN(CCN2CCCNCC2)CC1. The highest BCUT2D eigenvalue weighted by Crippen LogP contribution is 2.37. The molecule has 2 saturated heterocycles. The third-order valence-corrected chi connectivity index (χ3v) is 5.58. The largest absolute Gasteiger partial charge is 0.315 e.